The number of rotatable bonds is 0. The Hall–Kier alpha value is 0.189. The molecule has 0 atom stereocenters. The maximum absolute atomic E-state index is 10.9. The zero-order chi connectivity index (χ0) is 6.85. The minimum absolute atomic E-state index is 0.153. The topological polar surface area (TPSA) is 17.1 Å². The van der Waals surface area contributed by atoms with Gasteiger partial charge in [0.25, 0.3) is 0 Å². The van der Waals surface area contributed by atoms with Crippen LogP contribution in [0.2, 0.25) is 0 Å². The van der Waals surface area contributed by atoms with Gasteiger partial charge in [0.15, 0.2) is 0 Å². The Morgan fingerprint density at radius 3 is 2.78 bits per heavy atom. The molecule has 0 fully saturated rings. The average molecular weight is 252 g/mol. The van der Waals surface area contributed by atoms with Crippen molar-refractivity contribution < 1.29 is 0 Å². The first-order valence-electron chi connectivity index (χ1n) is 2.49. The molecule has 0 saturated carbocycles. The van der Waals surface area contributed by atoms with Gasteiger partial charge in [0.1, 0.15) is 0 Å². The molecule has 0 spiro atoms. The molecule has 0 amide bonds. The Balaban J connectivity index is 3.43. The van der Waals surface area contributed by atoms with Gasteiger partial charge in [-0.05, 0) is 0 Å². The van der Waals surface area contributed by atoms with E-state index in [2.05, 4.69) is 16.0 Å². The van der Waals surface area contributed by atoms with E-state index in [4.69, 9.17) is 0 Å². The first kappa shape index (κ1) is 7.30. The van der Waals surface area contributed by atoms with Gasteiger partial charge in [-0.15, -0.1) is 0 Å². The molecule has 1 nitrogen and oxygen atoms in total. The van der Waals surface area contributed by atoms with Gasteiger partial charge in [-0.3, -0.25) is 0 Å². The molecule has 0 radical (unpaired) electrons. The molecule has 1 heterocycles. The van der Waals surface area contributed by atoms with Gasteiger partial charge in [0.2, 0.25) is 0 Å². The van der Waals surface area contributed by atoms with Crippen LogP contribution in [0.25, 0.3) is 0 Å². The fraction of sp³-hybridized carbons (Fsp3) is 0.167. The number of aryl methyl sites for hydroxylation is 1. The first-order valence-corrected chi connectivity index (χ1v) is 5.27. The van der Waals surface area contributed by atoms with E-state index in [9.17, 15) is 4.79 Å². The van der Waals surface area contributed by atoms with Gasteiger partial charge in [0, 0.05) is 0 Å². The van der Waals surface area contributed by atoms with Gasteiger partial charge in [-0.2, -0.15) is 0 Å². The van der Waals surface area contributed by atoms with Crippen molar-refractivity contribution >= 4 is 35.0 Å². The van der Waals surface area contributed by atoms with Crippen molar-refractivity contribution in [2.45, 2.75) is 6.92 Å². The minimum atomic E-state index is 0.153. The second-order valence-electron chi connectivity index (χ2n) is 1.69. The second kappa shape index (κ2) is 2.85. The fourth-order valence-corrected chi connectivity index (χ4v) is 2.51. The Morgan fingerprint density at radius 1 is 1.67 bits per heavy atom. The molecule has 1 aromatic rings. The van der Waals surface area contributed by atoms with Crippen molar-refractivity contribution in [1.82, 2.24) is 0 Å². The van der Waals surface area contributed by atoms with Crippen molar-refractivity contribution in [1.29, 1.82) is 0 Å². The van der Waals surface area contributed by atoms with Crippen LogP contribution in [-0.2, 0) is 0 Å². The van der Waals surface area contributed by atoms with E-state index in [-0.39, 0.29) is 5.43 Å². The molecule has 0 N–H and O–H groups in total. The SMILES string of the molecule is Cc1[se]ccc(=O)c1[SeH]. The molecule has 1 rings (SSSR count). The summed E-state index contributed by atoms with van der Waals surface area (Å²) in [6.45, 7) is 2.01. The molecule has 3 heteroatoms. The summed E-state index contributed by atoms with van der Waals surface area (Å²) in [5.41, 5.74) is 0.153. The first-order chi connectivity index (χ1) is 4.22. The number of hydrogen-bond donors (Lipinski definition) is 0. The van der Waals surface area contributed by atoms with Gasteiger partial charge < -0.3 is 0 Å². The molecule has 0 aliphatic carbocycles. The Kier molecular flexibility index (Phi) is 2.31. The van der Waals surface area contributed by atoms with Crippen LogP contribution < -0.4 is 9.89 Å². The summed E-state index contributed by atoms with van der Waals surface area (Å²) in [7, 11) is 0. The third kappa shape index (κ3) is 1.56. The standard InChI is InChI=1S/C6H6OSe2/c1-4-6(8)5(7)2-3-9-4/h2-3,8H,1H3. The summed E-state index contributed by atoms with van der Waals surface area (Å²) in [4.78, 5) is 12.8. The second-order valence-corrected chi connectivity index (χ2v) is 4.98. The van der Waals surface area contributed by atoms with E-state index in [1.807, 2.05) is 11.9 Å². The molecule has 0 bridgehead atoms. The molecule has 9 heavy (non-hydrogen) atoms. The van der Waals surface area contributed by atoms with Crippen molar-refractivity contribution in [3.05, 3.63) is 25.7 Å². The van der Waals surface area contributed by atoms with Crippen LogP contribution in [0.5, 0.6) is 0 Å². The van der Waals surface area contributed by atoms with Gasteiger partial charge in [-0.1, -0.05) is 0 Å². The predicted molar refractivity (Wildman–Crippen MR) is 41.2 cm³/mol. The van der Waals surface area contributed by atoms with E-state index >= 15 is 0 Å². The third-order valence-electron chi connectivity index (χ3n) is 1.03. The van der Waals surface area contributed by atoms with Crippen molar-refractivity contribution in [2.24, 2.45) is 0 Å². The molecular formula is C6H6OSe2. The van der Waals surface area contributed by atoms with E-state index in [0.29, 0.717) is 14.5 Å². The summed E-state index contributed by atoms with van der Waals surface area (Å²) >= 11 is 2.76. The van der Waals surface area contributed by atoms with Crippen LogP contribution in [0.3, 0.4) is 0 Å². The predicted octanol–water partition coefficient (Wildman–Crippen LogP) is -1.06. The Bertz CT molecular complexity index is 264. The molecular weight excluding hydrogens is 246 g/mol. The van der Waals surface area contributed by atoms with E-state index in [1.54, 1.807) is 6.07 Å². The zero-order valence-electron chi connectivity index (χ0n) is 4.92. The Morgan fingerprint density at radius 2 is 2.33 bits per heavy atom. The maximum atomic E-state index is 10.9. The van der Waals surface area contributed by atoms with Gasteiger partial charge >= 0.3 is 67.6 Å². The van der Waals surface area contributed by atoms with Crippen molar-refractivity contribution in [2.75, 3.05) is 0 Å². The van der Waals surface area contributed by atoms with E-state index in [1.165, 1.54) is 4.44 Å². The van der Waals surface area contributed by atoms with Crippen LogP contribution in [0.4, 0.5) is 0 Å². The average Bonchev–Trinajstić information content (AvgIpc) is 1.83. The van der Waals surface area contributed by atoms with Crippen LogP contribution >= 0.6 is 0 Å². The van der Waals surface area contributed by atoms with Crippen LogP contribution in [0.1, 0.15) is 4.44 Å². The van der Waals surface area contributed by atoms with E-state index in [0.717, 1.165) is 4.46 Å². The molecule has 0 aliphatic heterocycles. The van der Waals surface area contributed by atoms with Crippen molar-refractivity contribution in [3.63, 3.8) is 0 Å². The van der Waals surface area contributed by atoms with Crippen LogP contribution in [0.15, 0.2) is 15.8 Å². The van der Waals surface area contributed by atoms with Crippen LogP contribution in [0, 0.1) is 6.92 Å². The zero-order valence-corrected chi connectivity index (χ0v) is 8.51. The van der Waals surface area contributed by atoms with Crippen LogP contribution in [-0.4, -0.2) is 30.5 Å². The van der Waals surface area contributed by atoms with Gasteiger partial charge in [0.05, 0.1) is 0 Å². The summed E-state index contributed by atoms with van der Waals surface area (Å²) < 4.78 is 2.11. The molecule has 1 aromatic heterocycles. The van der Waals surface area contributed by atoms with Crippen molar-refractivity contribution in [3.8, 4) is 0 Å². The fourth-order valence-electron chi connectivity index (χ4n) is 0.506. The molecule has 0 saturated heterocycles. The molecule has 0 unspecified atom stereocenters. The summed E-state index contributed by atoms with van der Waals surface area (Å²) in [5.74, 6) is 0. The third-order valence-corrected chi connectivity index (χ3v) is 4.68. The summed E-state index contributed by atoms with van der Waals surface area (Å²) in [6.07, 6.45) is 0. The normalized spacial score (nSPS) is 9.56. The van der Waals surface area contributed by atoms with Gasteiger partial charge in [-0.25, -0.2) is 0 Å². The Labute approximate surface area is 67.7 Å². The molecule has 0 aliphatic rings. The van der Waals surface area contributed by atoms with E-state index < -0.39 is 0 Å². The number of hydrogen-bond acceptors (Lipinski definition) is 1. The quantitative estimate of drug-likeness (QED) is 0.538. The molecule has 0 aromatic carbocycles. The monoisotopic (exact) mass is 254 g/mol. The summed E-state index contributed by atoms with van der Waals surface area (Å²) in [6, 6.07) is 1.65. The molecule has 48 valence electrons. The summed E-state index contributed by atoms with van der Waals surface area (Å²) in [5, 5.41) is 0.